The first-order chi connectivity index (χ1) is 58.0. The zero-order valence-corrected chi connectivity index (χ0v) is 119. The van der Waals surface area contributed by atoms with Gasteiger partial charge in [0.05, 0.1) is 157 Å². The predicted octanol–water partition coefficient (Wildman–Crippen LogP) is 18.9. The zero-order valence-electron chi connectivity index (χ0n) is 115. The molecular weight excluding hydrogens is 1900 g/mol. The Bertz CT molecular complexity index is 1410. The van der Waals surface area contributed by atoms with Gasteiger partial charge in [-0.15, -0.1) is 5.60 Å². The molecular formula is C116H289KO29. The topological polar surface area (TPSA) is 590 Å². The number of hydrogen-bond donors (Lipinski definition) is 28. The summed E-state index contributed by atoms with van der Waals surface area (Å²) in [5.74, 6) is 0. The first-order valence-corrected chi connectivity index (χ1v) is 50.0. The maximum Gasteiger partial charge on any atom is 1.00 e. The second-order valence-electron chi connectivity index (χ2n) is 62.9. The van der Waals surface area contributed by atoms with E-state index in [1.807, 2.05) is 0 Å². The van der Waals surface area contributed by atoms with Gasteiger partial charge in [-0.25, -0.2) is 0 Å². The zero-order chi connectivity index (χ0) is 130. The molecule has 0 saturated heterocycles. The summed E-state index contributed by atoms with van der Waals surface area (Å²) in [6.07, 6.45) is 0. The summed E-state index contributed by atoms with van der Waals surface area (Å²) in [5.41, 5.74) is -14.8. The molecule has 30 heteroatoms. The maximum atomic E-state index is 10.1. The average molecular weight is 2190 g/mol. The molecule has 0 bridgehead atoms. The Kier molecular flexibility index (Phi) is 156. The predicted molar refractivity (Wildman–Crippen MR) is 635 cm³/mol. The summed E-state index contributed by atoms with van der Waals surface area (Å²) in [6.45, 7) is 151. The molecule has 0 atom stereocenters. The van der Waals surface area contributed by atoms with Gasteiger partial charge >= 0.3 is 51.4 Å². The van der Waals surface area contributed by atoms with Crippen molar-refractivity contribution in [3.05, 3.63) is 0 Å². The van der Waals surface area contributed by atoms with Crippen LogP contribution in [0.25, 0.3) is 0 Å². The van der Waals surface area contributed by atoms with Gasteiger partial charge in [0, 0.05) is 0 Å². The fourth-order valence-corrected chi connectivity index (χ4v) is 0. The standard InChI is InChI=1S/28C4H10O.C4H9O.K/c29*1-4(2,3)5;/h28*5H,1-3H3;1-3H3;/q;;;;;;;;;;;;;;;;;;;;;;;;;;;;-1;+1. The molecule has 0 aliphatic rings. The molecule has 0 aliphatic heterocycles. The molecule has 0 aromatic heterocycles. The fraction of sp³-hybridized carbons (Fsp3) is 1.00. The van der Waals surface area contributed by atoms with Gasteiger partial charge in [-0.3, -0.25) is 0 Å². The number of aliphatic hydroxyl groups is 28. The van der Waals surface area contributed by atoms with Gasteiger partial charge in [0.1, 0.15) is 0 Å². The Hall–Kier alpha value is 0.476. The van der Waals surface area contributed by atoms with Crippen LogP contribution in [0.2, 0.25) is 0 Å². The third kappa shape index (κ3) is 13100000. The van der Waals surface area contributed by atoms with E-state index in [0.717, 1.165) is 0 Å². The molecule has 0 radical (unpaired) electrons. The largest absolute Gasteiger partial charge is 1.00 e. The molecule has 0 saturated carbocycles. The second kappa shape index (κ2) is 99.7. The Labute approximate surface area is 957 Å². The van der Waals surface area contributed by atoms with Crippen molar-refractivity contribution < 1.29 is 199 Å². The Morgan fingerprint density at radius 3 is 0.0685 bits per heavy atom. The van der Waals surface area contributed by atoms with Gasteiger partial charge in [-0.1, -0.05) is 20.8 Å². The van der Waals surface area contributed by atoms with E-state index in [9.17, 15) is 5.11 Å². The van der Waals surface area contributed by atoms with Crippen molar-refractivity contribution in [3.63, 3.8) is 0 Å². The summed E-state index contributed by atoms with van der Waals surface area (Å²) in [5, 5.41) is 249. The van der Waals surface area contributed by atoms with Crippen molar-refractivity contribution in [1.82, 2.24) is 0 Å². The summed E-state index contributed by atoms with van der Waals surface area (Å²) < 4.78 is 0. The molecule has 29 nitrogen and oxygen atoms in total. The van der Waals surface area contributed by atoms with Crippen LogP contribution in [0, 0.1) is 0 Å². The van der Waals surface area contributed by atoms with Crippen molar-refractivity contribution in [2.24, 2.45) is 0 Å². The molecule has 0 fully saturated rings. The maximum absolute atomic E-state index is 10.1. The van der Waals surface area contributed by atoms with Crippen LogP contribution in [0.1, 0.15) is 602 Å². The summed E-state index contributed by atoms with van der Waals surface area (Å²) in [7, 11) is 0. The van der Waals surface area contributed by atoms with Crippen LogP contribution in [0.4, 0.5) is 0 Å². The quantitative estimate of drug-likeness (QED) is 0.100. The molecule has 0 aromatic rings. The van der Waals surface area contributed by atoms with E-state index in [-0.39, 0.29) is 51.4 Å². The first-order valence-electron chi connectivity index (χ1n) is 50.0. The minimum absolute atomic E-state index is 0. The number of rotatable bonds is 0. The van der Waals surface area contributed by atoms with Gasteiger partial charge in [0.25, 0.3) is 0 Å². The van der Waals surface area contributed by atoms with E-state index >= 15 is 0 Å². The third-order valence-electron chi connectivity index (χ3n) is 0. The van der Waals surface area contributed by atoms with Gasteiger partial charge in [0.2, 0.25) is 0 Å². The van der Waals surface area contributed by atoms with Gasteiger partial charge in [-0.2, -0.15) is 0 Å². The minimum Gasteiger partial charge on any atom is -0.850 e. The van der Waals surface area contributed by atoms with E-state index in [1.165, 1.54) is 0 Å². The van der Waals surface area contributed by atoms with Crippen molar-refractivity contribution >= 4 is 0 Å². The molecule has 0 aromatic carbocycles. The van der Waals surface area contributed by atoms with Crippen molar-refractivity contribution in [1.29, 1.82) is 0 Å². The normalized spacial score (nSPS) is 11.9. The van der Waals surface area contributed by atoms with Crippen molar-refractivity contribution in [2.75, 3.05) is 0 Å². The molecule has 928 valence electrons. The first kappa shape index (κ1) is 228. The Morgan fingerprint density at radius 2 is 0.0685 bits per heavy atom. The van der Waals surface area contributed by atoms with E-state index in [1.54, 1.807) is 602 Å². The van der Waals surface area contributed by atoms with Gasteiger partial charge in [-0.05, 0) is 582 Å². The minimum atomic E-state index is -0.750. The van der Waals surface area contributed by atoms with Gasteiger partial charge in [0.15, 0.2) is 0 Å². The van der Waals surface area contributed by atoms with Crippen LogP contribution < -0.4 is 56.5 Å². The Morgan fingerprint density at radius 1 is 0.0685 bits per heavy atom. The van der Waals surface area contributed by atoms with Gasteiger partial charge < -0.3 is 148 Å². The van der Waals surface area contributed by atoms with Crippen LogP contribution in [0.3, 0.4) is 0 Å². The molecule has 0 aliphatic carbocycles. The summed E-state index contributed by atoms with van der Waals surface area (Å²) in [4.78, 5) is 0. The second-order valence-corrected chi connectivity index (χ2v) is 62.9. The Balaban J connectivity index is -0.0000000341. The molecule has 0 spiro atoms. The third-order valence-corrected chi connectivity index (χ3v) is 0. The van der Waals surface area contributed by atoms with Crippen LogP contribution in [-0.4, -0.2) is 305 Å². The molecule has 0 amide bonds. The van der Waals surface area contributed by atoms with Crippen LogP contribution >= 0.6 is 0 Å². The van der Waals surface area contributed by atoms with E-state index in [2.05, 4.69) is 0 Å². The van der Waals surface area contributed by atoms with Crippen molar-refractivity contribution in [3.8, 4) is 0 Å². The van der Waals surface area contributed by atoms with Crippen molar-refractivity contribution in [2.45, 2.75) is 765 Å². The van der Waals surface area contributed by atoms with E-state index in [0.29, 0.717) is 0 Å². The molecule has 146 heavy (non-hydrogen) atoms. The molecule has 0 heterocycles. The summed E-state index contributed by atoms with van der Waals surface area (Å²) >= 11 is 0. The fourth-order valence-electron chi connectivity index (χ4n) is 0. The van der Waals surface area contributed by atoms with Crippen LogP contribution in [0.5, 0.6) is 0 Å². The summed E-state index contributed by atoms with van der Waals surface area (Å²) in [6, 6.07) is 0. The number of hydrogen-bond acceptors (Lipinski definition) is 29. The average Bonchev–Trinajstić information content (AvgIpc) is 3.14. The smallest absolute Gasteiger partial charge is 0.850 e. The molecule has 0 unspecified atom stereocenters. The molecule has 0 rings (SSSR count). The van der Waals surface area contributed by atoms with Crippen LogP contribution in [-0.2, 0) is 0 Å². The monoisotopic (exact) mass is 2190 g/mol. The SMILES string of the molecule is CC(C)(C)O.CC(C)(C)O.CC(C)(C)O.CC(C)(C)O.CC(C)(C)O.CC(C)(C)O.CC(C)(C)O.CC(C)(C)O.CC(C)(C)O.CC(C)(C)O.CC(C)(C)O.CC(C)(C)O.CC(C)(C)O.CC(C)(C)O.CC(C)(C)O.CC(C)(C)O.CC(C)(C)O.CC(C)(C)O.CC(C)(C)O.CC(C)(C)O.CC(C)(C)O.CC(C)(C)O.CC(C)(C)O.CC(C)(C)O.CC(C)(C)O.CC(C)(C)O.CC(C)(C)O.CC(C)(C)O.CC(C)(C)[O-].[K+]. The van der Waals surface area contributed by atoms with Crippen LogP contribution in [0.15, 0.2) is 0 Å². The van der Waals surface area contributed by atoms with E-state index in [4.69, 9.17) is 143 Å². The van der Waals surface area contributed by atoms with E-state index < -0.39 is 162 Å². The molecule has 28 N–H and O–H groups in total.